The standard InChI is InChI=1S/C8H13N3O2S2/c1-2-9-6(7(12)13)3-4-14-8-10-5-11-15-8/h5-6,9H,2-4H2,1H3,(H,12,13). The molecule has 5 nitrogen and oxygen atoms in total. The van der Waals surface area contributed by atoms with Crippen molar-refractivity contribution < 1.29 is 9.90 Å². The maximum atomic E-state index is 10.8. The van der Waals surface area contributed by atoms with Gasteiger partial charge in [0.2, 0.25) is 0 Å². The first-order chi connectivity index (χ1) is 7.24. The number of carboxylic acid groups (broad SMARTS) is 1. The van der Waals surface area contributed by atoms with Gasteiger partial charge in [0.1, 0.15) is 12.4 Å². The largest absolute Gasteiger partial charge is 0.480 e. The lowest BCUT2D eigenvalue weighted by molar-refractivity contribution is -0.139. The SMILES string of the molecule is CCNC(CCSc1ncns1)C(=O)O. The fraction of sp³-hybridized carbons (Fsp3) is 0.625. The molecule has 1 rings (SSSR count). The highest BCUT2D eigenvalue weighted by molar-refractivity contribution is 8.00. The van der Waals surface area contributed by atoms with Crippen LogP contribution in [0.25, 0.3) is 0 Å². The molecule has 0 saturated heterocycles. The van der Waals surface area contributed by atoms with E-state index in [1.807, 2.05) is 6.92 Å². The normalized spacial score (nSPS) is 12.6. The third-order valence-corrected chi connectivity index (χ3v) is 3.55. The zero-order valence-electron chi connectivity index (χ0n) is 8.34. The molecule has 84 valence electrons. The van der Waals surface area contributed by atoms with Crippen LogP contribution in [0.2, 0.25) is 0 Å². The molecule has 1 unspecified atom stereocenters. The third-order valence-electron chi connectivity index (χ3n) is 1.72. The molecule has 1 heterocycles. The predicted molar refractivity (Wildman–Crippen MR) is 60.4 cm³/mol. The Hall–Kier alpha value is -0.660. The molecule has 2 N–H and O–H groups in total. The van der Waals surface area contributed by atoms with Gasteiger partial charge in [0.05, 0.1) is 0 Å². The van der Waals surface area contributed by atoms with Crippen LogP contribution >= 0.6 is 23.3 Å². The van der Waals surface area contributed by atoms with Gasteiger partial charge in [-0.05, 0) is 24.5 Å². The van der Waals surface area contributed by atoms with Crippen LogP contribution in [0.15, 0.2) is 10.7 Å². The van der Waals surface area contributed by atoms with Crippen LogP contribution in [0.4, 0.5) is 0 Å². The molecular formula is C8H13N3O2S2. The van der Waals surface area contributed by atoms with Crippen LogP contribution in [0.1, 0.15) is 13.3 Å². The molecule has 1 aromatic heterocycles. The quantitative estimate of drug-likeness (QED) is 0.702. The Morgan fingerprint density at radius 1 is 1.80 bits per heavy atom. The van der Waals surface area contributed by atoms with Crippen molar-refractivity contribution >= 4 is 29.3 Å². The van der Waals surface area contributed by atoms with E-state index in [1.54, 1.807) is 11.8 Å². The molecule has 7 heteroatoms. The summed E-state index contributed by atoms with van der Waals surface area (Å²) in [6.45, 7) is 2.56. The van der Waals surface area contributed by atoms with Gasteiger partial charge in [-0.25, -0.2) is 4.98 Å². The van der Waals surface area contributed by atoms with Crippen molar-refractivity contribution in [1.29, 1.82) is 0 Å². The maximum Gasteiger partial charge on any atom is 0.320 e. The Labute approximate surface area is 96.5 Å². The van der Waals surface area contributed by atoms with Gasteiger partial charge in [0.25, 0.3) is 0 Å². The van der Waals surface area contributed by atoms with Crippen molar-refractivity contribution in [2.45, 2.75) is 23.7 Å². The minimum absolute atomic E-state index is 0.463. The number of thioether (sulfide) groups is 1. The summed E-state index contributed by atoms with van der Waals surface area (Å²) in [6.07, 6.45) is 2.10. The molecule has 0 radical (unpaired) electrons. The molecule has 1 aromatic rings. The lowest BCUT2D eigenvalue weighted by Gasteiger charge is -2.11. The van der Waals surface area contributed by atoms with Gasteiger partial charge in [-0.3, -0.25) is 4.79 Å². The monoisotopic (exact) mass is 247 g/mol. The van der Waals surface area contributed by atoms with Crippen molar-refractivity contribution in [3.05, 3.63) is 6.33 Å². The average molecular weight is 247 g/mol. The molecule has 0 aromatic carbocycles. The van der Waals surface area contributed by atoms with Gasteiger partial charge in [0.15, 0.2) is 4.34 Å². The van der Waals surface area contributed by atoms with Gasteiger partial charge < -0.3 is 10.4 Å². The van der Waals surface area contributed by atoms with Crippen molar-refractivity contribution in [3.63, 3.8) is 0 Å². The number of hydrogen-bond donors (Lipinski definition) is 2. The third kappa shape index (κ3) is 4.59. The number of aromatic nitrogens is 2. The number of nitrogens with one attached hydrogen (secondary N) is 1. The molecule has 0 bridgehead atoms. The van der Waals surface area contributed by atoms with E-state index in [9.17, 15) is 4.79 Å². The summed E-state index contributed by atoms with van der Waals surface area (Å²) < 4.78 is 4.75. The number of nitrogens with zero attached hydrogens (tertiary/aromatic N) is 2. The second-order valence-electron chi connectivity index (χ2n) is 2.79. The minimum Gasteiger partial charge on any atom is -0.480 e. The van der Waals surface area contributed by atoms with E-state index >= 15 is 0 Å². The second-order valence-corrected chi connectivity index (χ2v) is 4.91. The summed E-state index contributed by atoms with van der Waals surface area (Å²) in [5, 5.41) is 11.8. The van der Waals surface area contributed by atoms with Crippen LogP contribution in [0, 0.1) is 0 Å². The van der Waals surface area contributed by atoms with Gasteiger partial charge in [-0.2, -0.15) is 4.37 Å². The molecule has 15 heavy (non-hydrogen) atoms. The summed E-state index contributed by atoms with van der Waals surface area (Å²) in [6, 6.07) is -0.463. The summed E-state index contributed by atoms with van der Waals surface area (Å²) in [5.74, 6) is -0.0613. The molecule has 0 aliphatic carbocycles. The fourth-order valence-corrected chi connectivity index (χ4v) is 2.57. The lowest BCUT2D eigenvalue weighted by Crippen LogP contribution is -2.36. The van der Waals surface area contributed by atoms with Gasteiger partial charge in [0, 0.05) is 5.75 Å². The van der Waals surface area contributed by atoms with Crippen LogP contribution in [-0.4, -0.2) is 38.8 Å². The van der Waals surface area contributed by atoms with Crippen molar-refractivity contribution in [2.75, 3.05) is 12.3 Å². The predicted octanol–water partition coefficient (Wildman–Crippen LogP) is 1.08. The Morgan fingerprint density at radius 2 is 2.60 bits per heavy atom. The minimum atomic E-state index is -0.797. The van der Waals surface area contributed by atoms with Crippen molar-refractivity contribution in [1.82, 2.24) is 14.7 Å². The first kappa shape index (κ1) is 12.4. The Kier molecular flexibility index (Phi) is 5.59. The number of carboxylic acids is 1. The first-order valence-corrected chi connectivity index (χ1v) is 6.35. The van der Waals surface area contributed by atoms with E-state index in [0.29, 0.717) is 13.0 Å². The van der Waals surface area contributed by atoms with E-state index in [1.165, 1.54) is 17.9 Å². The maximum absolute atomic E-state index is 10.8. The first-order valence-electron chi connectivity index (χ1n) is 4.59. The van der Waals surface area contributed by atoms with Crippen LogP contribution in [0.3, 0.4) is 0 Å². The second kappa shape index (κ2) is 6.76. The fourth-order valence-electron chi connectivity index (χ4n) is 1.05. The Morgan fingerprint density at radius 3 is 3.13 bits per heavy atom. The summed E-state index contributed by atoms with van der Waals surface area (Å²) in [4.78, 5) is 14.8. The summed E-state index contributed by atoms with van der Waals surface area (Å²) in [5.41, 5.74) is 0. The zero-order valence-corrected chi connectivity index (χ0v) is 9.98. The van der Waals surface area contributed by atoms with Crippen LogP contribution in [0.5, 0.6) is 0 Å². The average Bonchev–Trinajstić information content (AvgIpc) is 2.69. The van der Waals surface area contributed by atoms with Gasteiger partial charge >= 0.3 is 5.97 Å². The van der Waals surface area contributed by atoms with E-state index in [-0.39, 0.29) is 0 Å². The van der Waals surface area contributed by atoms with Crippen molar-refractivity contribution in [2.24, 2.45) is 0 Å². The molecule has 0 amide bonds. The van der Waals surface area contributed by atoms with E-state index in [0.717, 1.165) is 10.1 Å². The number of carbonyl (C=O) groups is 1. The van der Waals surface area contributed by atoms with E-state index in [4.69, 9.17) is 5.11 Å². The molecule has 0 aliphatic heterocycles. The zero-order chi connectivity index (χ0) is 11.1. The highest BCUT2D eigenvalue weighted by Gasteiger charge is 2.15. The number of likely N-dealkylation sites (N-methyl/N-ethyl adjacent to an activating group) is 1. The Balaban J connectivity index is 2.25. The van der Waals surface area contributed by atoms with Gasteiger partial charge in [-0.15, -0.1) is 0 Å². The van der Waals surface area contributed by atoms with E-state index in [2.05, 4.69) is 14.7 Å². The smallest absolute Gasteiger partial charge is 0.320 e. The summed E-state index contributed by atoms with van der Waals surface area (Å²) in [7, 11) is 0. The van der Waals surface area contributed by atoms with Gasteiger partial charge in [-0.1, -0.05) is 18.7 Å². The topological polar surface area (TPSA) is 75.1 Å². The molecule has 0 spiro atoms. The highest BCUT2D eigenvalue weighted by Crippen LogP contribution is 2.19. The number of hydrogen-bond acceptors (Lipinski definition) is 6. The molecular weight excluding hydrogens is 234 g/mol. The summed E-state index contributed by atoms with van der Waals surface area (Å²) >= 11 is 2.87. The molecule has 0 aliphatic rings. The van der Waals surface area contributed by atoms with E-state index < -0.39 is 12.0 Å². The van der Waals surface area contributed by atoms with Crippen LogP contribution < -0.4 is 5.32 Å². The molecule has 0 fully saturated rings. The molecule has 1 atom stereocenters. The Bertz CT molecular complexity index is 292. The molecule has 0 saturated carbocycles. The lowest BCUT2D eigenvalue weighted by atomic mass is 10.2. The van der Waals surface area contributed by atoms with Crippen LogP contribution in [-0.2, 0) is 4.79 Å². The number of aliphatic carboxylic acids is 1. The van der Waals surface area contributed by atoms with Crippen molar-refractivity contribution in [3.8, 4) is 0 Å². The number of rotatable bonds is 7. The highest BCUT2D eigenvalue weighted by atomic mass is 32.2.